The quantitative estimate of drug-likeness (QED) is 0.833. The summed E-state index contributed by atoms with van der Waals surface area (Å²) < 4.78 is 11.6. The van der Waals surface area contributed by atoms with E-state index < -0.39 is 5.60 Å². The molecule has 0 aromatic heterocycles. The van der Waals surface area contributed by atoms with E-state index in [0.29, 0.717) is 19.7 Å². The van der Waals surface area contributed by atoms with Crippen molar-refractivity contribution in [3.05, 3.63) is 35.4 Å². The topological polar surface area (TPSA) is 38.8 Å². The van der Waals surface area contributed by atoms with E-state index in [9.17, 15) is 4.79 Å². The summed E-state index contributed by atoms with van der Waals surface area (Å²) in [6, 6.07) is 8.39. The smallest absolute Gasteiger partial charge is 0.410 e. The average molecular weight is 319 g/mol. The number of amides is 1. The lowest BCUT2D eigenvalue weighted by atomic mass is 9.93. The fraction of sp³-hybridized carbons (Fsp3) is 0.632. The van der Waals surface area contributed by atoms with Crippen LogP contribution in [0.25, 0.3) is 0 Å². The van der Waals surface area contributed by atoms with E-state index in [-0.39, 0.29) is 11.7 Å². The lowest BCUT2D eigenvalue weighted by Crippen LogP contribution is -2.47. The van der Waals surface area contributed by atoms with Gasteiger partial charge in [0.25, 0.3) is 0 Å². The monoisotopic (exact) mass is 319 g/mol. The number of likely N-dealkylation sites (tertiary alicyclic amines) is 1. The van der Waals surface area contributed by atoms with Gasteiger partial charge < -0.3 is 14.4 Å². The van der Waals surface area contributed by atoms with Crippen molar-refractivity contribution in [1.82, 2.24) is 4.90 Å². The van der Waals surface area contributed by atoms with Crippen LogP contribution in [0.15, 0.2) is 24.3 Å². The first-order valence-electron chi connectivity index (χ1n) is 8.34. The normalized spacial score (nSPS) is 17.9. The molecule has 128 valence electrons. The number of hydrogen-bond acceptors (Lipinski definition) is 3. The molecule has 1 amide bonds. The predicted octanol–water partition coefficient (Wildman–Crippen LogP) is 4.30. The third kappa shape index (κ3) is 5.54. The molecular formula is C19H29NO3. The highest BCUT2D eigenvalue weighted by molar-refractivity contribution is 5.68. The van der Waals surface area contributed by atoms with E-state index in [2.05, 4.69) is 38.1 Å². The first-order valence-corrected chi connectivity index (χ1v) is 8.34. The second kappa shape index (κ2) is 6.91. The van der Waals surface area contributed by atoms with Gasteiger partial charge in [-0.05, 0) is 53.0 Å². The molecule has 0 unspecified atom stereocenters. The second-order valence-corrected chi connectivity index (χ2v) is 7.70. The highest BCUT2D eigenvalue weighted by Crippen LogP contribution is 2.28. The van der Waals surface area contributed by atoms with Crippen LogP contribution in [0, 0.1) is 6.92 Å². The van der Waals surface area contributed by atoms with Gasteiger partial charge in [-0.1, -0.05) is 29.8 Å². The summed E-state index contributed by atoms with van der Waals surface area (Å²) in [7, 11) is 0. The van der Waals surface area contributed by atoms with Crippen molar-refractivity contribution in [2.24, 2.45) is 0 Å². The maximum absolute atomic E-state index is 12.1. The van der Waals surface area contributed by atoms with E-state index in [4.69, 9.17) is 9.47 Å². The maximum atomic E-state index is 12.1. The van der Waals surface area contributed by atoms with Crippen molar-refractivity contribution in [3.8, 4) is 0 Å². The lowest BCUT2D eigenvalue weighted by molar-refractivity contribution is -0.0812. The number of ether oxygens (including phenoxy) is 2. The van der Waals surface area contributed by atoms with Crippen molar-refractivity contribution in [3.63, 3.8) is 0 Å². The summed E-state index contributed by atoms with van der Waals surface area (Å²) in [5, 5.41) is 0. The van der Waals surface area contributed by atoms with Gasteiger partial charge in [-0.2, -0.15) is 0 Å². The van der Waals surface area contributed by atoms with Crippen LogP contribution < -0.4 is 0 Å². The average Bonchev–Trinajstić information content (AvgIpc) is 2.44. The van der Waals surface area contributed by atoms with Crippen molar-refractivity contribution < 1.29 is 14.3 Å². The molecule has 1 aliphatic heterocycles. The van der Waals surface area contributed by atoms with E-state index in [1.165, 1.54) is 11.1 Å². The molecule has 0 N–H and O–H groups in total. The van der Waals surface area contributed by atoms with E-state index in [1.807, 2.05) is 20.8 Å². The van der Waals surface area contributed by atoms with Gasteiger partial charge in [0, 0.05) is 13.1 Å². The molecule has 1 fully saturated rings. The number of rotatable bonds is 3. The number of hydrogen-bond donors (Lipinski definition) is 0. The Morgan fingerprint density at radius 3 is 2.48 bits per heavy atom. The number of benzene rings is 1. The zero-order valence-corrected chi connectivity index (χ0v) is 15.0. The predicted molar refractivity (Wildman–Crippen MR) is 91.4 cm³/mol. The molecule has 1 saturated heterocycles. The summed E-state index contributed by atoms with van der Waals surface area (Å²) in [6.07, 6.45) is 1.44. The molecule has 4 heteroatoms. The van der Waals surface area contributed by atoms with E-state index in [1.54, 1.807) is 4.90 Å². The Morgan fingerprint density at radius 2 is 1.91 bits per heavy atom. The summed E-state index contributed by atoms with van der Waals surface area (Å²) in [5.41, 5.74) is 1.82. The van der Waals surface area contributed by atoms with Crippen LogP contribution in [0.5, 0.6) is 0 Å². The van der Waals surface area contributed by atoms with Crippen LogP contribution in [0.2, 0.25) is 0 Å². The summed E-state index contributed by atoms with van der Waals surface area (Å²) >= 11 is 0. The molecule has 1 heterocycles. The van der Waals surface area contributed by atoms with Crippen LogP contribution in [0.3, 0.4) is 0 Å². The molecule has 23 heavy (non-hydrogen) atoms. The number of carbonyl (C=O) groups excluding carboxylic acids is 1. The van der Waals surface area contributed by atoms with Gasteiger partial charge in [0.15, 0.2) is 0 Å². The number of aryl methyl sites for hydroxylation is 1. The van der Waals surface area contributed by atoms with Crippen LogP contribution in [-0.4, -0.2) is 35.3 Å². The Kier molecular flexibility index (Phi) is 5.35. The van der Waals surface area contributed by atoms with Crippen LogP contribution >= 0.6 is 0 Å². The maximum Gasteiger partial charge on any atom is 0.410 e. The van der Waals surface area contributed by atoms with Crippen molar-refractivity contribution >= 4 is 6.09 Å². The summed E-state index contributed by atoms with van der Waals surface area (Å²) in [5.74, 6) is 0. The minimum atomic E-state index is -0.445. The number of nitrogens with zero attached hydrogens (tertiary/aromatic N) is 1. The first-order chi connectivity index (χ1) is 10.7. The first kappa shape index (κ1) is 17.8. The second-order valence-electron chi connectivity index (χ2n) is 7.70. The highest BCUT2D eigenvalue weighted by Gasteiger charge is 2.34. The SMILES string of the molecule is Cc1cccc(COC2(C)CCN(C(=O)OC(C)(C)C)CC2)c1. The molecule has 2 rings (SSSR count). The molecule has 0 aliphatic carbocycles. The standard InChI is InChI=1S/C19H29NO3/c1-15-7-6-8-16(13-15)14-22-19(5)9-11-20(12-10-19)17(21)23-18(2,3)4/h6-8,13H,9-12,14H2,1-5H3. The minimum absolute atomic E-state index is 0.178. The molecule has 0 saturated carbocycles. The van der Waals surface area contributed by atoms with Crippen molar-refractivity contribution in [2.75, 3.05) is 13.1 Å². The Balaban J connectivity index is 1.83. The van der Waals surface area contributed by atoms with Gasteiger partial charge in [-0.3, -0.25) is 0 Å². The molecule has 1 aromatic carbocycles. The van der Waals surface area contributed by atoms with Gasteiger partial charge in [-0.25, -0.2) is 4.79 Å². The fourth-order valence-electron chi connectivity index (χ4n) is 2.69. The lowest BCUT2D eigenvalue weighted by Gasteiger charge is -2.39. The van der Waals surface area contributed by atoms with Crippen molar-refractivity contribution in [2.45, 2.75) is 65.3 Å². The van der Waals surface area contributed by atoms with Gasteiger partial charge >= 0.3 is 6.09 Å². The van der Waals surface area contributed by atoms with E-state index in [0.717, 1.165) is 12.8 Å². The van der Waals surface area contributed by atoms with Gasteiger partial charge in [0.05, 0.1) is 12.2 Å². The molecule has 0 bridgehead atoms. The molecule has 0 spiro atoms. The third-order valence-electron chi connectivity index (χ3n) is 4.14. The Hall–Kier alpha value is -1.55. The third-order valence-corrected chi connectivity index (χ3v) is 4.14. The number of carbonyl (C=O) groups is 1. The molecular weight excluding hydrogens is 290 g/mol. The summed E-state index contributed by atoms with van der Waals surface area (Å²) in [4.78, 5) is 13.9. The molecule has 4 nitrogen and oxygen atoms in total. The largest absolute Gasteiger partial charge is 0.444 e. The van der Waals surface area contributed by atoms with Crippen LogP contribution in [-0.2, 0) is 16.1 Å². The molecule has 1 aromatic rings. The van der Waals surface area contributed by atoms with Gasteiger partial charge in [0.1, 0.15) is 5.60 Å². The highest BCUT2D eigenvalue weighted by atomic mass is 16.6. The Labute approximate surface area is 139 Å². The molecule has 1 aliphatic rings. The molecule has 0 atom stereocenters. The molecule has 0 radical (unpaired) electrons. The zero-order valence-electron chi connectivity index (χ0n) is 15.0. The Morgan fingerprint density at radius 1 is 1.26 bits per heavy atom. The van der Waals surface area contributed by atoms with Gasteiger partial charge in [0.2, 0.25) is 0 Å². The van der Waals surface area contributed by atoms with E-state index >= 15 is 0 Å². The van der Waals surface area contributed by atoms with Crippen molar-refractivity contribution in [1.29, 1.82) is 0 Å². The minimum Gasteiger partial charge on any atom is -0.444 e. The van der Waals surface area contributed by atoms with Crippen LogP contribution in [0.4, 0.5) is 4.79 Å². The zero-order chi connectivity index (χ0) is 17.1. The fourth-order valence-corrected chi connectivity index (χ4v) is 2.69. The van der Waals surface area contributed by atoms with Crippen LogP contribution in [0.1, 0.15) is 51.7 Å². The number of piperidine rings is 1. The summed E-state index contributed by atoms with van der Waals surface area (Å²) in [6.45, 7) is 11.9. The Bertz CT molecular complexity index is 540. The van der Waals surface area contributed by atoms with Gasteiger partial charge in [-0.15, -0.1) is 0 Å².